The van der Waals surface area contributed by atoms with Gasteiger partial charge in [0.1, 0.15) is 0 Å². The first-order valence-corrected chi connectivity index (χ1v) is 8.73. The first kappa shape index (κ1) is 16.3. The molecule has 0 saturated heterocycles. The van der Waals surface area contributed by atoms with Crippen molar-refractivity contribution in [3.05, 3.63) is 0 Å². The highest BCUT2D eigenvalue weighted by molar-refractivity contribution is 4.92. The summed E-state index contributed by atoms with van der Waals surface area (Å²) in [4.78, 5) is 0. The third kappa shape index (κ3) is 4.44. The van der Waals surface area contributed by atoms with Gasteiger partial charge in [0, 0.05) is 25.3 Å². The Kier molecular flexibility index (Phi) is 6.79. The van der Waals surface area contributed by atoms with E-state index in [9.17, 15) is 0 Å². The molecule has 2 rings (SSSR count). The fraction of sp³-hybridized carbons (Fsp3) is 1.00. The molecule has 20 heavy (non-hydrogen) atoms. The summed E-state index contributed by atoms with van der Waals surface area (Å²) in [7, 11) is 0. The van der Waals surface area contributed by atoms with Crippen molar-refractivity contribution in [3.63, 3.8) is 0 Å². The minimum atomic E-state index is 0.369. The Hall–Kier alpha value is -0.120. The summed E-state index contributed by atoms with van der Waals surface area (Å²) < 4.78 is 12.0. The molecule has 3 nitrogen and oxygen atoms in total. The van der Waals surface area contributed by atoms with Gasteiger partial charge in [0.05, 0.1) is 12.2 Å². The Bertz CT molecular complexity index is 264. The van der Waals surface area contributed by atoms with Gasteiger partial charge in [-0.15, -0.1) is 0 Å². The van der Waals surface area contributed by atoms with E-state index in [4.69, 9.17) is 9.47 Å². The molecule has 0 bridgehead atoms. The summed E-state index contributed by atoms with van der Waals surface area (Å²) in [5.74, 6) is 0.607. The van der Waals surface area contributed by atoms with Crippen LogP contribution in [0.5, 0.6) is 0 Å². The molecule has 0 radical (unpaired) electrons. The van der Waals surface area contributed by atoms with E-state index in [1.165, 1.54) is 32.1 Å². The number of ether oxygens (including phenoxy) is 2. The first-order valence-electron chi connectivity index (χ1n) is 8.73. The van der Waals surface area contributed by atoms with E-state index in [0.29, 0.717) is 30.2 Å². The molecule has 2 fully saturated rings. The monoisotopic (exact) mass is 283 g/mol. The largest absolute Gasteiger partial charge is 0.378 e. The SMILES string of the molecule is CCOC1CC(NC2CCCCC2)C(OCC)CC1C. The van der Waals surface area contributed by atoms with Crippen molar-refractivity contribution >= 4 is 0 Å². The molecule has 3 heteroatoms. The molecule has 0 aromatic heterocycles. The van der Waals surface area contributed by atoms with Gasteiger partial charge in [-0.2, -0.15) is 0 Å². The summed E-state index contributed by atoms with van der Waals surface area (Å²) in [6.07, 6.45) is 9.86. The smallest absolute Gasteiger partial charge is 0.0732 e. The maximum absolute atomic E-state index is 6.02. The molecule has 118 valence electrons. The van der Waals surface area contributed by atoms with Gasteiger partial charge in [-0.05, 0) is 45.4 Å². The van der Waals surface area contributed by atoms with Crippen LogP contribution in [0, 0.1) is 5.92 Å². The topological polar surface area (TPSA) is 30.5 Å². The highest BCUT2D eigenvalue weighted by atomic mass is 16.5. The predicted octanol–water partition coefficient (Wildman–Crippen LogP) is 3.52. The van der Waals surface area contributed by atoms with E-state index < -0.39 is 0 Å². The molecule has 0 amide bonds. The van der Waals surface area contributed by atoms with Crippen LogP contribution >= 0.6 is 0 Å². The normalized spacial score (nSPS) is 36.1. The highest BCUT2D eigenvalue weighted by Crippen LogP contribution is 2.30. The van der Waals surface area contributed by atoms with Gasteiger partial charge in [-0.25, -0.2) is 0 Å². The van der Waals surface area contributed by atoms with Crippen molar-refractivity contribution in [2.45, 2.75) is 90.0 Å². The van der Waals surface area contributed by atoms with Crippen LogP contribution in [-0.2, 0) is 9.47 Å². The fourth-order valence-corrected chi connectivity index (χ4v) is 3.91. The molecule has 4 unspecified atom stereocenters. The first-order chi connectivity index (χ1) is 9.74. The van der Waals surface area contributed by atoms with Crippen LogP contribution in [0.3, 0.4) is 0 Å². The van der Waals surface area contributed by atoms with E-state index in [1.807, 2.05) is 0 Å². The van der Waals surface area contributed by atoms with E-state index >= 15 is 0 Å². The standard InChI is InChI=1S/C17H33NO2/c1-4-19-16-12-15(17(20-5-2)11-13(16)3)18-14-9-7-6-8-10-14/h13-18H,4-12H2,1-3H3. The van der Waals surface area contributed by atoms with E-state index in [2.05, 4.69) is 26.1 Å². The zero-order valence-corrected chi connectivity index (χ0v) is 13.6. The average Bonchev–Trinajstić information content (AvgIpc) is 2.45. The van der Waals surface area contributed by atoms with Crippen molar-refractivity contribution in [2.75, 3.05) is 13.2 Å². The lowest BCUT2D eigenvalue weighted by atomic mass is 9.81. The molecule has 1 N–H and O–H groups in total. The summed E-state index contributed by atoms with van der Waals surface area (Å²) in [5, 5.41) is 3.90. The second-order valence-corrected chi connectivity index (χ2v) is 6.54. The molecular weight excluding hydrogens is 250 g/mol. The Balaban J connectivity index is 1.92. The minimum absolute atomic E-state index is 0.369. The van der Waals surface area contributed by atoms with Gasteiger partial charge in [0.15, 0.2) is 0 Å². The summed E-state index contributed by atoms with van der Waals surface area (Å²) in [5.41, 5.74) is 0. The van der Waals surface area contributed by atoms with E-state index in [0.717, 1.165) is 26.1 Å². The lowest BCUT2D eigenvalue weighted by Gasteiger charge is -2.42. The van der Waals surface area contributed by atoms with Gasteiger partial charge in [-0.3, -0.25) is 0 Å². The number of hydrogen-bond acceptors (Lipinski definition) is 3. The maximum atomic E-state index is 6.02. The average molecular weight is 283 g/mol. The maximum Gasteiger partial charge on any atom is 0.0732 e. The zero-order valence-electron chi connectivity index (χ0n) is 13.6. The summed E-state index contributed by atoms with van der Waals surface area (Å²) >= 11 is 0. The van der Waals surface area contributed by atoms with Gasteiger partial charge in [0.2, 0.25) is 0 Å². The van der Waals surface area contributed by atoms with Crippen LogP contribution in [0.2, 0.25) is 0 Å². The second kappa shape index (κ2) is 8.35. The predicted molar refractivity (Wildman–Crippen MR) is 83.0 cm³/mol. The van der Waals surface area contributed by atoms with Gasteiger partial charge in [-0.1, -0.05) is 26.2 Å². The molecule has 0 aromatic rings. The van der Waals surface area contributed by atoms with Gasteiger partial charge >= 0.3 is 0 Å². The Morgan fingerprint density at radius 1 is 0.900 bits per heavy atom. The third-order valence-corrected chi connectivity index (χ3v) is 4.99. The lowest BCUT2D eigenvalue weighted by molar-refractivity contribution is -0.0734. The van der Waals surface area contributed by atoms with Crippen molar-refractivity contribution < 1.29 is 9.47 Å². The quantitative estimate of drug-likeness (QED) is 0.809. The van der Waals surface area contributed by atoms with Crippen LogP contribution < -0.4 is 5.32 Å². The Morgan fingerprint density at radius 2 is 1.55 bits per heavy atom. The van der Waals surface area contributed by atoms with Gasteiger partial charge < -0.3 is 14.8 Å². The number of hydrogen-bond donors (Lipinski definition) is 1. The molecule has 2 saturated carbocycles. The lowest BCUT2D eigenvalue weighted by Crippen LogP contribution is -2.53. The summed E-state index contributed by atoms with van der Waals surface area (Å²) in [6.45, 7) is 8.16. The van der Waals surface area contributed by atoms with Crippen LogP contribution in [-0.4, -0.2) is 37.5 Å². The van der Waals surface area contributed by atoms with Crippen molar-refractivity contribution in [1.29, 1.82) is 0 Å². The van der Waals surface area contributed by atoms with Gasteiger partial charge in [0.25, 0.3) is 0 Å². The van der Waals surface area contributed by atoms with Crippen molar-refractivity contribution in [2.24, 2.45) is 5.92 Å². The molecule has 0 heterocycles. The molecule has 4 atom stereocenters. The van der Waals surface area contributed by atoms with Crippen LogP contribution in [0.1, 0.15) is 65.7 Å². The van der Waals surface area contributed by atoms with E-state index in [1.54, 1.807) is 0 Å². The zero-order chi connectivity index (χ0) is 14.4. The third-order valence-electron chi connectivity index (χ3n) is 4.99. The Morgan fingerprint density at radius 3 is 2.20 bits per heavy atom. The molecule has 0 aromatic carbocycles. The number of rotatable bonds is 6. The van der Waals surface area contributed by atoms with Crippen LogP contribution in [0.25, 0.3) is 0 Å². The van der Waals surface area contributed by atoms with Crippen LogP contribution in [0.4, 0.5) is 0 Å². The minimum Gasteiger partial charge on any atom is -0.378 e. The Labute approximate surface area is 124 Å². The molecule has 2 aliphatic rings. The molecule has 0 spiro atoms. The highest BCUT2D eigenvalue weighted by Gasteiger charge is 2.36. The number of nitrogens with one attached hydrogen (secondary N) is 1. The molecule has 0 aliphatic heterocycles. The molecular formula is C17H33NO2. The van der Waals surface area contributed by atoms with E-state index in [-0.39, 0.29) is 0 Å². The molecule has 2 aliphatic carbocycles. The van der Waals surface area contributed by atoms with Crippen molar-refractivity contribution in [3.8, 4) is 0 Å². The summed E-state index contributed by atoms with van der Waals surface area (Å²) in [6, 6.07) is 1.18. The van der Waals surface area contributed by atoms with Crippen molar-refractivity contribution in [1.82, 2.24) is 5.32 Å². The second-order valence-electron chi connectivity index (χ2n) is 6.54. The van der Waals surface area contributed by atoms with Crippen LogP contribution in [0.15, 0.2) is 0 Å². The fourth-order valence-electron chi connectivity index (χ4n) is 3.91.